The summed E-state index contributed by atoms with van der Waals surface area (Å²) in [7, 11) is 0. The number of pyridine rings is 1. The summed E-state index contributed by atoms with van der Waals surface area (Å²) in [4.78, 5) is 21.1. The van der Waals surface area contributed by atoms with Crippen LogP contribution in [0.5, 0.6) is 5.75 Å². The molecule has 1 aliphatic rings. The van der Waals surface area contributed by atoms with Gasteiger partial charge in [-0.05, 0) is 43.7 Å². The Morgan fingerprint density at radius 1 is 1.12 bits per heavy atom. The maximum absolute atomic E-state index is 12.5. The molecule has 1 aromatic carbocycles. The average Bonchev–Trinajstić information content (AvgIpc) is 2.57. The van der Waals surface area contributed by atoms with Gasteiger partial charge in [-0.3, -0.25) is 9.78 Å². The highest BCUT2D eigenvalue weighted by Gasteiger charge is 2.22. The fourth-order valence-electron chi connectivity index (χ4n) is 3.16. The number of phenolic OH excluding ortho intramolecular Hbond substituents is 1. The molecule has 0 saturated carbocycles. The zero-order valence-corrected chi connectivity index (χ0v) is 15.3. The van der Waals surface area contributed by atoms with Crippen LogP contribution in [0.3, 0.4) is 0 Å². The van der Waals surface area contributed by atoms with E-state index in [2.05, 4.69) is 22.0 Å². The number of piperazine rings is 1. The summed E-state index contributed by atoms with van der Waals surface area (Å²) in [5, 5.41) is 9.74. The maximum Gasteiger partial charge on any atom is 0.227 e. The second kappa shape index (κ2) is 7.31. The van der Waals surface area contributed by atoms with E-state index in [0.29, 0.717) is 19.5 Å². The second-order valence-corrected chi connectivity index (χ2v) is 6.85. The molecule has 6 heteroatoms. The third kappa shape index (κ3) is 4.23. The molecular weight excluding hydrogens is 338 g/mol. The van der Waals surface area contributed by atoms with Gasteiger partial charge < -0.3 is 14.9 Å². The van der Waals surface area contributed by atoms with Crippen molar-refractivity contribution in [2.75, 3.05) is 31.1 Å². The minimum Gasteiger partial charge on any atom is -0.506 e. The Balaban J connectivity index is 1.59. The lowest BCUT2D eigenvalue weighted by Crippen LogP contribution is -2.49. The average molecular weight is 360 g/mol. The Labute approximate surface area is 152 Å². The molecule has 1 aliphatic heterocycles. The minimum atomic E-state index is 0.0365. The summed E-state index contributed by atoms with van der Waals surface area (Å²) >= 11 is 5.91. The molecule has 132 valence electrons. The van der Waals surface area contributed by atoms with Crippen molar-refractivity contribution in [3.05, 3.63) is 52.3 Å². The molecule has 3 rings (SSSR count). The number of benzene rings is 1. The van der Waals surface area contributed by atoms with E-state index in [9.17, 15) is 9.90 Å². The minimum absolute atomic E-state index is 0.0365. The Bertz CT molecular complexity index is 766. The van der Waals surface area contributed by atoms with Crippen molar-refractivity contribution in [2.45, 2.75) is 20.3 Å². The van der Waals surface area contributed by atoms with Gasteiger partial charge in [0.25, 0.3) is 0 Å². The Morgan fingerprint density at radius 2 is 1.76 bits per heavy atom. The lowest BCUT2D eigenvalue weighted by atomic mass is 10.1. The number of aromatic hydroxyl groups is 1. The number of hydrogen-bond acceptors (Lipinski definition) is 4. The molecule has 1 N–H and O–H groups in total. The smallest absolute Gasteiger partial charge is 0.227 e. The summed E-state index contributed by atoms with van der Waals surface area (Å²) in [6.45, 7) is 7.02. The van der Waals surface area contributed by atoms with Crippen LogP contribution < -0.4 is 4.90 Å². The van der Waals surface area contributed by atoms with Crippen LogP contribution in [0.25, 0.3) is 0 Å². The number of anilines is 1. The first-order valence-corrected chi connectivity index (χ1v) is 8.75. The van der Waals surface area contributed by atoms with Crippen LogP contribution in [0.15, 0.2) is 30.3 Å². The van der Waals surface area contributed by atoms with Crippen molar-refractivity contribution in [1.82, 2.24) is 9.88 Å². The van der Waals surface area contributed by atoms with Gasteiger partial charge in [0.2, 0.25) is 5.91 Å². The largest absolute Gasteiger partial charge is 0.506 e. The summed E-state index contributed by atoms with van der Waals surface area (Å²) in [6.07, 6.45) is 0.299. The molecule has 1 amide bonds. The number of carbonyl (C=O) groups excluding carboxylic acids is 1. The molecule has 1 aromatic heterocycles. The normalized spacial score (nSPS) is 14.7. The molecule has 1 saturated heterocycles. The predicted octanol–water partition coefficient (Wildman–Crippen LogP) is 2.95. The van der Waals surface area contributed by atoms with Gasteiger partial charge in [0.05, 0.1) is 11.4 Å². The molecular formula is C19H22ClN3O2. The fourth-order valence-corrected chi connectivity index (χ4v) is 3.36. The molecule has 0 bridgehead atoms. The van der Waals surface area contributed by atoms with E-state index in [1.807, 2.05) is 18.7 Å². The van der Waals surface area contributed by atoms with Gasteiger partial charge in [-0.1, -0.05) is 17.7 Å². The molecule has 5 nitrogen and oxygen atoms in total. The molecule has 0 unspecified atom stereocenters. The number of phenols is 1. The molecule has 1 fully saturated rings. The van der Waals surface area contributed by atoms with Gasteiger partial charge in [-0.25, -0.2) is 0 Å². The first-order valence-electron chi connectivity index (χ1n) is 8.38. The van der Waals surface area contributed by atoms with Crippen LogP contribution in [0.1, 0.15) is 17.0 Å². The van der Waals surface area contributed by atoms with Crippen molar-refractivity contribution < 1.29 is 9.90 Å². The highest BCUT2D eigenvalue weighted by molar-refractivity contribution is 6.32. The lowest BCUT2D eigenvalue weighted by molar-refractivity contribution is -0.130. The number of hydrogen-bond donors (Lipinski definition) is 1. The van der Waals surface area contributed by atoms with E-state index in [1.54, 1.807) is 12.1 Å². The van der Waals surface area contributed by atoms with Gasteiger partial charge in [0.1, 0.15) is 5.75 Å². The van der Waals surface area contributed by atoms with E-state index in [4.69, 9.17) is 11.6 Å². The predicted molar refractivity (Wildman–Crippen MR) is 99.3 cm³/mol. The zero-order chi connectivity index (χ0) is 18.0. The number of rotatable bonds is 3. The number of carbonyl (C=O) groups is 1. The quantitative estimate of drug-likeness (QED) is 0.915. The van der Waals surface area contributed by atoms with Gasteiger partial charge in [0, 0.05) is 43.3 Å². The van der Waals surface area contributed by atoms with E-state index in [-0.39, 0.29) is 16.7 Å². The van der Waals surface area contributed by atoms with Crippen LogP contribution in [-0.2, 0) is 11.2 Å². The molecule has 2 heterocycles. The Kier molecular flexibility index (Phi) is 5.13. The van der Waals surface area contributed by atoms with Crippen molar-refractivity contribution in [3.63, 3.8) is 0 Å². The zero-order valence-electron chi connectivity index (χ0n) is 14.5. The van der Waals surface area contributed by atoms with E-state index >= 15 is 0 Å². The summed E-state index contributed by atoms with van der Waals surface area (Å²) in [5.74, 6) is 0.123. The molecule has 0 spiro atoms. The second-order valence-electron chi connectivity index (χ2n) is 6.44. The molecule has 0 atom stereocenters. The summed E-state index contributed by atoms with van der Waals surface area (Å²) in [5.41, 5.74) is 4.01. The highest BCUT2D eigenvalue weighted by Crippen LogP contribution is 2.24. The maximum atomic E-state index is 12.5. The molecule has 0 radical (unpaired) electrons. The van der Waals surface area contributed by atoms with Crippen LogP contribution >= 0.6 is 11.6 Å². The first-order chi connectivity index (χ1) is 11.9. The number of aryl methyl sites for hydroxylation is 2. The van der Waals surface area contributed by atoms with Crippen LogP contribution in [0.4, 0.5) is 5.69 Å². The van der Waals surface area contributed by atoms with Crippen molar-refractivity contribution in [1.29, 1.82) is 0 Å². The van der Waals surface area contributed by atoms with Gasteiger partial charge in [-0.15, -0.1) is 0 Å². The van der Waals surface area contributed by atoms with Crippen LogP contribution in [0.2, 0.25) is 5.02 Å². The van der Waals surface area contributed by atoms with E-state index < -0.39 is 0 Å². The third-order valence-corrected chi connectivity index (χ3v) is 4.73. The highest BCUT2D eigenvalue weighted by atomic mass is 35.5. The monoisotopic (exact) mass is 359 g/mol. The SMILES string of the molecule is Cc1cc(N2CCN(C(=O)Cc3ccc(O)c(Cl)c3)CC2)cc(C)n1. The molecule has 0 aliphatic carbocycles. The van der Waals surface area contributed by atoms with E-state index in [1.165, 1.54) is 11.8 Å². The molecule has 2 aromatic rings. The number of amides is 1. The van der Waals surface area contributed by atoms with Gasteiger partial charge in [0.15, 0.2) is 0 Å². The van der Waals surface area contributed by atoms with Crippen LogP contribution in [-0.4, -0.2) is 47.1 Å². The number of nitrogens with zero attached hydrogens (tertiary/aromatic N) is 3. The van der Waals surface area contributed by atoms with Crippen molar-refractivity contribution >= 4 is 23.2 Å². The number of halogens is 1. The van der Waals surface area contributed by atoms with E-state index in [0.717, 1.165) is 30.0 Å². The van der Waals surface area contributed by atoms with Crippen molar-refractivity contribution in [3.8, 4) is 5.75 Å². The third-order valence-electron chi connectivity index (χ3n) is 4.43. The topological polar surface area (TPSA) is 56.7 Å². The summed E-state index contributed by atoms with van der Waals surface area (Å²) < 4.78 is 0. The Hall–Kier alpha value is -2.27. The Morgan fingerprint density at radius 3 is 2.36 bits per heavy atom. The van der Waals surface area contributed by atoms with Crippen molar-refractivity contribution in [2.24, 2.45) is 0 Å². The lowest BCUT2D eigenvalue weighted by Gasteiger charge is -2.36. The first kappa shape index (κ1) is 17.5. The number of aromatic nitrogens is 1. The van der Waals surface area contributed by atoms with Gasteiger partial charge in [-0.2, -0.15) is 0 Å². The van der Waals surface area contributed by atoms with Crippen LogP contribution in [0, 0.1) is 13.8 Å². The molecule has 25 heavy (non-hydrogen) atoms. The summed E-state index contributed by atoms with van der Waals surface area (Å²) in [6, 6.07) is 9.08. The fraction of sp³-hybridized carbons (Fsp3) is 0.368. The van der Waals surface area contributed by atoms with Gasteiger partial charge >= 0.3 is 0 Å². The standard InChI is InChI=1S/C19H22ClN3O2/c1-13-9-16(10-14(2)21-13)22-5-7-23(8-6-22)19(25)12-15-3-4-18(24)17(20)11-15/h3-4,9-11,24H,5-8,12H2,1-2H3.